The van der Waals surface area contributed by atoms with E-state index in [9.17, 15) is 4.79 Å². The number of anilines is 1. The number of hydrogen-bond acceptors (Lipinski definition) is 6. The third-order valence-electron chi connectivity index (χ3n) is 1.93. The molecule has 2 heterocycles. The Bertz CT molecular complexity index is 517. The van der Waals surface area contributed by atoms with Crippen molar-refractivity contribution >= 4 is 11.8 Å². The predicted octanol–water partition coefficient (Wildman–Crippen LogP) is 0.577. The van der Waals surface area contributed by atoms with E-state index in [0.717, 1.165) is 5.69 Å². The Hall–Kier alpha value is -2.57. The number of carboxylic acid groups (broad SMARTS) is 1. The number of nitrogens with one attached hydrogen (secondary N) is 1. The number of aromatic nitrogens is 4. The first kappa shape index (κ1) is 10.9. The van der Waals surface area contributed by atoms with Gasteiger partial charge in [0.05, 0.1) is 24.6 Å². The minimum absolute atomic E-state index is 0.103. The Morgan fingerprint density at radius 1 is 1.41 bits per heavy atom. The highest BCUT2D eigenvalue weighted by Crippen LogP contribution is 2.04. The van der Waals surface area contributed by atoms with Gasteiger partial charge in [-0.1, -0.05) is 0 Å². The van der Waals surface area contributed by atoms with Crippen molar-refractivity contribution in [3.8, 4) is 0 Å². The van der Waals surface area contributed by atoms with Crippen LogP contribution in [0.5, 0.6) is 0 Å². The number of rotatable bonds is 4. The van der Waals surface area contributed by atoms with E-state index in [2.05, 4.69) is 25.5 Å². The largest absolute Gasteiger partial charge is 0.476 e. The standard InChI is InChI=1S/C10H9N5O2/c16-10(17)8-5-11-6-9(14-8)12-4-7-2-1-3-13-15-7/h1-3,5-6H,4H2,(H,12,14)(H,16,17). The van der Waals surface area contributed by atoms with Crippen LogP contribution >= 0.6 is 0 Å². The SMILES string of the molecule is O=C(O)c1cncc(NCc2cccnn2)n1. The van der Waals surface area contributed by atoms with Crippen molar-refractivity contribution in [1.29, 1.82) is 0 Å². The van der Waals surface area contributed by atoms with E-state index in [1.54, 1.807) is 18.3 Å². The summed E-state index contributed by atoms with van der Waals surface area (Å²) in [5, 5.41) is 19.3. The summed E-state index contributed by atoms with van der Waals surface area (Å²) in [4.78, 5) is 18.3. The molecule has 0 bridgehead atoms. The smallest absolute Gasteiger partial charge is 0.356 e. The maximum Gasteiger partial charge on any atom is 0.356 e. The van der Waals surface area contributed by atoms with Crippen molar-refractivity contribution in [2.45, 2.75) is 6.54 Å². The normalized spacial score (nSPS) is 9.88. The van der Waals surface area contributed by atoms with Gasteiger partial charge in [0.15, 0.2) is 5.69 Å². The molecular weight excluding hydrogens is 222 g/mol. The summed E-state index contributed by atoms with van der Waals surface area (Å²) in [6, 6.07) is 3.57. The van der Waals surface area contributed by atoms with Crippen molar-refractivity contribution in [3.05, 3.63) is 42.1 Å². The zero-order valence-corrected chi connectivity index (χ0v) is 8.74. The first-order valence-electron chi connectivity index (χ1n) is 4.81. The minimum atomic E-state index is -1.11. The van der Waals surface area contributed by atoms with Gasteiger partial charge in [-0.2, -0.15) is 10.2 Å². The molecule has 0 aromatic carbocycles. The highest BCUT2D eigenvalue weighted by Gasteiger charge is 2.05. The fraction of sp³-hybridized carbons (Fsp3) is 0.100. The quantitative estimate of drug-likeness (QED) is 0.793. The van der Waals surface area contributed by atoms with Gasteiger partial charge in [0.2, 0.25) is 0 Å². The lowest BCUT2D eigenvalue weighted by atomic mass is 10.4. The molecule has 0 unspecified atom stereocenters. The molecule has 0 aliphatic rings. The van der Waals surface area contributed by atoms with Gasteiger partial charge in [0.25, 0.3) is 0 Å². The summed E-state index contributed by atoms with van der Waals surface area (Å²) in [5.74, 6) is -0.726. The number of nitrogens with zero attached hydrogens (tertiary/aromatic N) is 4. The first-order valence-corrected chi connectivity index (χ1v) is 4.81. The molecule has 2 rings (SSSR count). The second-order valence-corrected chi connectivity index (χ2v) is 3.16. The van der Waals surface area contributed by atoms with Crippen LogP contribution in [0.15, 0.2) is 30.7 Å². The van der Waals surface area contributed by atoms with Crippen molar-refractivity contribution < 1.29 is 9.90 Å². The van der Waals surface area contributed by atoms with Gasteiger partial charge in [-0.3, -0.25) is 4.98 Å². The molecule has 0 spiro atoms. The number of carboxylic acids is 1. The molecule has 17 heavy (non-hydrogen) atoms. The van der Waals surface area contributed by atoms with E-state index < -0.39 is 5.97 Å². The van der Waals surface area contributed by atoms with E-state index >= 15 is 0 Å². The molecule has 2 aromatic rings. The average Bonchev–Trinajstić information content (AvgIpc) is 2.38. The molecular formula is C10H9N5O2. The van der Waals surface area contributed by atoms with Crippen LogP contribution in [0, 0.1) is 0 Å². The molecule has 0 radical (unpaired) electrons. The summed E-state index contributed by atoms with van der Waals surface area (Å²) in [7, 11) is 0. The average molecular weight is 231 g/mol. The molecule has 2 aromatic heterocycles. The second kappa shape index (κ2) is 4.97. The van der Waals surface area contributed by atoms with Crippen LogP contribution in [-0.4, -0.2) is 31.2 Å². The van der Waals surface area contributed by atoms with E-state index in [1.165, 1.54) is 12.4 Å². The monoisotopic (exact) mass is 231 g/mol. The van der Waals surface area contributed by atoms with Crippen LogP contribution in [0.2, 0.25) is 0 Å². The fourth-order valence-corrected chi connectivity index (χ4v) is 1.16. The Labute approximate surface area is 96.6 Å². The molecule has 7 heteroatoms. The molecule has 0 saturated heterocycles. The van der Waals surface area contributed by atoms with E-state index in [0.29, 0.717) is 12.4 Å². The Balaban J connectivity index is 2.04. The van der Waals surface area contributed by atoms with Crippen LogP contribution in [0.25, 0.3) is 0 Å². The van der Waals surface area contributed by atoms with Gasteiger partial charge < -0.3 is 10.4 Å². The van der Waals surface area contributed by atoms with Gasteiger partial charge in [-0.05, 0) is 12.1 Å². The molecule has 0 amide bonds. The second-order valence-electron chi connectivity index (χ2n) is 3.16. The maximum atomic E-state index is 10.7. The predicted molar refractivity (Wildman–Crippen MR) is 58.4 cm³/mol. The summed E-state index contributed by atoms with van der Waals surface area (Å²) in [6.45, 7) is 0.408. The molecule has 0 saturated carbocycles. The molecule has 0 aliphatic carbocycles. The highest BCUT2D eigenvalue weighted by atomic mass is 16.4. The molecule has 0 aliphatic heterocycles. The van der Waals surface area contributed by atoms with Gasteiger partial charge in [0.1, 0.15) is 5.82 Å². The Morgan fingerprint density at radius 3 is 3.00 bits per heavy atom. The third kappa shape index (κ3) is 2.94. The molecule has 86 valence electrons. The van der Waals surface area contributed by atoms with Crippen LogP contribution in [0.1, 0.15) is 16.2 Å². The van der Waals surface area contributed by atoms with Crippen LogP contribution < -0.4 is 5.32 Å². The molecule has 2 N–H and O–H groups in total. The van der Waals surface area contributed by atoms with Gasteiger partial charge in [-0.25, -0.2) is 9.78 Å². The van der Waals surface area contributed by atoms with Crippen molar-refractivity contribution in [2.75, 3.05) is 5.32 Å². The van der Waals surface area contributed by atoms with Crippen LogP contribution in [0.3, 0.4) is 0 Å². The number of carbonyl (C=O) groups is 1. The highest BCUT2D eigenvalue weighted by molar-refractivity contribution is 5.85. The number of hydrogen-bond donors (Lipinski definition) is 2. The van der Waals surface area contributed by atoms with E-state index in [1.807, 2.05) is 0 Å². The van der Waals surface area contributed by atoms with E-state index in [-0.39, 0.29) is 5.69 Å². The summed E-state index contributed by atoms with van der Waals surface area (Å²) < 4.78 is 0. The molecule has 7 nitrogen and oxygen atoms in total. The van der Waals surface area contributed by atoms with Crippen molar-refractivity contribution in [3.63, 3.8) is 0 Å². The van der Waals surface area contributed by atoms with Crippen LogP contribution in [-0.2, 0) is 6.54 Å². The maximum absolute atomic E-state index is 10.7. The fourth-order valence-electron chi connectivity index (χ4n) is 1.16. The Kier molecular flexibility index (Phi) is 3.20. The zero-order valence-electron chi connectivity index (χ0n) is 8.74. The van der Waals surface area contributed by atoms with Gasteiger partial charge >= 0.3 is 5.97 Å². The number of aromatic carboxylic acids is 1. The summed E-state index contributed by atoms with van der Waals surface area (Å²) in [6.07, 6.45) is 4.22. The third-order valence-corrected chi connectivity index (χ3v) is 1.93. The van der Waals surface area contributed by atoms with E-state index in [4.69, 9.17) is 5.11 Å². The van der Waals surface area contributed by atoms with Gasteiger partial charge in [0, 0.05) is 6.20 Å². The summed E-state index contributed by atoms with van der Waals surface area (Å²) >= 11 is 0. The summed E-state index contributed by atoms with van der Waals surface area (Å²) in [5.41, 5.74) is 0.629. The van der Waals surface area contributed by atoms with Crippen LogP contribution in [0.4, 0.5) is 5.82 Å². The van der Waals surface area contributed by atoms with Crippen molar-refractivity contribution in [2.24, 2.45) is 0 Å². The topological polar surface area (TPSA) is 101 Å². The lowest BCUT2D eigenvalue weighted by Gasteiger charge is -2.04. The van der Waals surface area contributed by atoms with Gasteiger partial charge in [-0.15, -0.1) is 0 Å². The first-order chi connectivity index (χ1) is 8.25. The van der Waals surface area contributed by atoms with Crippen molar-refractivity contribution in [1.82, 2.24) is 20.2 Å². The molecule has 0 fully saturated rings. The molecule has 0 atom stereocenters. The Morgan fingerprint density at radius 2 is 2.29 bits per heavy atom. The zero-order chi connectivity index (χ0) is 12.1. The lowest BCUT2D eigenvalue weighted by molar-refractivity contribution is 0.0690. The minimum Gasteiger partial charge on any atom is -0.476 e. The lowest BCUT2D eigenvalue weighted by Crippen LogP contribution is -2.07.